The van der Waals surface area contributed by atoms with Gasteiger partial charge in [-0.1, -0.05) is 15.9 Å². The number of carbonyl (C=O) groups is 2. The van der Waals surface area contributed by atoms with Crippen molar-refractivity contribution in [2.75, 3.05) is 6.54 Å². The molecule has 1 atom stereocenters. The lowest BCUT2D eigenvalue weighted by molar-refractivity contribution is -0.137. The Bertz CT molecular complexity index is 146. The Morgan fingerprint density at radius 2 is 2.20 bits per heavy atom. The van der Waals surface area contributed by atoms with Crippen LogP contribution in [0.25, 0.3) is 0 Å². The molecule has 0 radical (unpaired) electrons. The maximum absolute atomic E-state index is 10.6. The topological polar surface area (TPSA) is 66.4 Å². The highest BCUT2D eigenvalue weighted by atomic mass is 79.9. The van der Waals surface area contributed by atoms with Gasteiger partial charge in [-0.25, -0.2) is 0 Å². The van der Waals surface area contributed by atoms with Gasteiger partial charge in [0.05, 0.1) is 4.83 Å². The molecule has 0 spiro atoms. The summed E-state index contributed by atoms with van der Waals surface area (Å²) in [6, 6.07) is 0. The van der Waals surface area contributed by atoms with E-state index in [-0.39, 0.29) is 17.3 Å². The molecule has 0 unspecified atom stereocenters. The van der Waals surface area contributed by atoms with Gasteiger partial charge in [-0.2, -0.15) is 0 Å². The molecule has 10 heavy (non-hydrogen) atoms. The summed E-state index contributed by atoms with van der Waals surface area (Å²) in [6.45, 7) is 1.30. The SMILES string of the molecule is C[C@@H](Br)C(=O)NCC(=O)O. The molecule has 0 saturated heterocycles. The number of alkyl halides is 1. The molecule has 58 valence electrons. The number of carbonyl (C=O) groups excluding carboxylic acids is 1. The first kappa shape index (κ1) is 9.42. The van der Waals surface area contributed by atoms with Gasteiger partial charge in [0.2, 0.25) is 5.91 Å². The number of rotatable bonds is 3. The van der Waals surface area contributed by atoms with Gasteiger partial charge in [0.15, 0.2) is 0 Å². The second kappa shape index (κ2) is 4.27. The molecule has 0 saturated carbocycles. The Labute approximate surface area is 66.7 Å². The highest BCUT2D eigenvalue weighted by Gasteiger charge is 2.08. The number of carboxylic acid groups (broad SMARTS) is 1. The van der Waals surface area contributed by atoms with E-state index in [1.807, 2.05) is 0 Å². The van der Waals surface area contributed by atoms with Crippen LogP contribution in [-0.4, -0.2) is 28.4 Å². The zero-order valence-corrected chi connectivity index (χ0v) is 7.01. The van der Waals surface area contributed by atoms with Crippen LogP contribution in [-0.2, 0) is 9.59 Å². The predicted molar refractivity (Wildman–Crippen MR) is 39.0 cm³/mol. The Balaban J connectivity index is 3.50. The molecule has 0 bridgehead atoms. The monoisotopic (exact) mass is 209 g/mol. The second-order valence-electron chi connectivity index (χ2n) is 1.73. The van der Waals surface area contributed by atoms with E-state index < -0.39 is 5.97 Å². The van der Waals surface area contributed by atoms with Gasteiger partial charge >= 0.3 is 5.97 Å². The molecular formula is C5H8BrNO3. The van der Waals surface area contributed by atoms with Crippen molar-refractivity contribution in [3.05, 3.63) is 0 Å². The van der Waals surface area contributed by atoms with Crippen molar-refractivity contribution >= 4 is 27.8 Å². The lowest BCUT2D eigenvalue weighted by Crippen LogP contribution is -2.33. The Kier molecular flexibility index (Phi) is 4.02. The Morgan fingerprint density at radius 1 is 1.70 bits per heavy atom. The standard InChI is InChI=1S/C5H8BrNO3/c1-3(6)5(10)7-2-4(8)9/h3H,2H2,1H3,(H,7,10)(H,8,9)/t3-/m1/s1. The van der Waals surface area contributed by atoms with E-state index in [4.69, 9.17) is 5.11 Å². The highest BCUT2D eigenvalue weighted by molar-refractivity contribution is 9.10. The number of aliphatic carboxylic acids is 1. The highest BCUT2D eigenvalue weighted by Crippen LogP contribution is 1.94. The van der Waals surface area contributed by atoms with Crippen LogP contribution in [0.4, 0.5) is 0 Å². The molecule has 0 aliphatic rings. The van der Waals surface area contributed by atoms with Crippen LogP contribution in [0, 0.1) is 0 Å². The van der Waals surface area contributed by atoms with Crippen LogP contribution in [0.1, 0.15) is 6.92 Å². The van der Waals surface area contributed by atoms with Crippen LogP contribution in [0.2, 0.25) is 0 Å². The maximum Gasteiger partial charge on any atom is 0.322 e. The van der Waals surface area contributed by atoms with Crippen molar-refractivity contribution in [3.8, 4) is 0 Å². The third kappa shape index (κ3) is 4.31. The zero-order valence-electron chi connectivity index (χ0n) is 5.43. The molecule has 0 aliphatic heterocycles. The van der Waals surface area contributed by atoms with E-state index in [1.54, 1.807) is 6.92 Å². The van der Waals surface area contributed by atoms with Gasteiger partial charge < -0.3 is 10.4 Å². The lowest BCUT2D eigenvalue weighted by Gasteiger charge is -2.01. The molecule has 0 fully saturated rings. The third-order valence-corrected chi connectivity index (χ3v) is 1.19. The predicted octanol–water partition coefficient (Wildman–Crippen LogP) is -0.0294. The molecule has 0 aromatic carbocycles. The van der Waals surface area contributed by atoms with Gasteiger partial charge in [-0.05, 0) is 6.92 Å². The van der Waals surface area contributed by atoms with Crippen molar-refractivity contribution < 1.29 is 14.7 Å². The molecular weight excluding hydrogens is 202 g/mol. The molecule has 4 nitrogen and oxygen atoms in total. The van der Waals surface area contributed by atoms with Crippen LogP contribution in [0.5, 0.6) is 0 Å². The van der Waals surface area contributed by atoms with Crippen molar-refractivity contribution in [2.24, 2.45) is 0 Å². The van der Waals surface area contributed by atoms with Crippen molar-refractivity contribution in [3.63, 3.8) is 0 Å². The maximum atomic E-state index is 10.6. The minimum atomic E-state index is -1.04. The second-order valence-corrected chi connectivity index (χ2v) is 3.10. The van der Waals surface area contributed by atoms with E-state index in [9.17, 15) is 9.59 Å². The number of amides is 1. The first-order chi connectivity index (χ1) is 4.54. The van der Waals surface area contributed by atoms with Crippen molar-refractivity contribution in [2.45, 2.75) is 11.8 Å². The molecule has 0 heterocycles. The van der Waals surface area contributed by atoms with E-state index in [2.05, 4.69) is 21.2 Å². The van der Waals surface area contributed by atoms with Gasteiger partial charge in [0, 0.05) is 0 Å². The number of halogens is 1. The first-order valence-corrected chi connectivity index (χ1v) is 3.59. The van der Waals surface area contributed by atoms with E-state index in [0.29, 0.717) is 0 Å². The summed E-state index contributed by atoms with van der Waals surface area (Å²) in [5.74, 6) is -1.36. The fourth-order valence-corrected chi connectivity index (χ4v) is 0.465. The molecule has 0 aromatic rings. The summed E-state index contributed by atoms with van der Waals surface area (Å²) in [5, 5.41) is 10.3. The van der Waals surface area contributed by atoms with Crippen molar-refractivity contribution in [1.29, 1.82) is 0 Å². The summed E-state index contributed by atoms with van der Waals surface area (Å²) in [4.78, 5) is 20.2. The average molecular weight is 210 g/mol. The van der Waals surface area contributed by atoms with E-state index in [0.717, 1.165) is 0 Å². The van der Waals surface area contributed by atoms with Crippen LogP contribution < -0.4 is 5.32 Å². The summed E-state index contributed by atoms with van der Waals surface area (Å²) < 4.78 is 0. The average Bonchev–Trinajstić information content (AvgIpc) is 1.82. The van der Waals surface area contributed by atoms with Gasteiger partial charge in [-0.3, -0.25) is 9.59 Å². The summed E-state index contributed by atoms with van der Waals surface area (Å²) >= 11 is 2.98. The smallest absolute Gasteiger partial charge is 0.322 e. The first-order valence-electron chi connectivity index (χ1n) is 2.67. The number of hydrogen-bond donors (Lipinski definition) is 2. The van der Waals surface area contributed by atoms with E-state index >= 15 is 0 Å². The summed E-state index contributed by atoms with van der Waals surface area (Å²) in [7, 11) is 0. The lowest BCUT2D eigenvalue weighted by atomic mass is 10.4. The Morgan fingerprint density at radius 3 is 2.50 bits per heavy atom. The molecule has 0 aliphatic carbocycles. The zero-order chi connectivity index (χ0) is 8.15. The molecule has 1 amide bonds. The number of nitrogens with one attached hydrogen (secondary N) is 1. The molecule has 5 heteroatoms. The third-order valence-electron chi connectivity index (χ3n) is 0.775. The molecule has 2 N–H and O–H groups in total. The number of hydrogen-bond acceptors (Lipinski definition) is 2. The Hall–Kier alpha value is -0.580. The van der Waals surface area contributed by atoms with Crippen LogP contribution in [0.15, 0.2) is 0 Å². The van der Waals surface area contributed by atoms with Gasteiger partial charge in [0.25, 0.3) is 0 Å². The van der Waals surface area contributed by atoms with Crippen molar-refractivity contribution in [1.82, 2.24) is 5.32 Å². The number of carboxylic acids is 1. The normalized spacial score (nSPS) is 12.2. The quantitative estimate of drug-likeness (QED) is 0.642. The van der Waals surface area contributed by atoms with Crippen LogP contribution >= 0.6 is 15.9 Å². The largest absolute Gasteiger partial charge is 0.480 e. The van der Waals surface area contributed by atoms with Gasteiger partial charge in [-0.15, -0.1) is 0 Å². The summed E-state index contributed by atoms with van der Waals surface area (Å²) in [6.07, 6.45) is 0. The summed E-state index contributed by atoms with van der Waals surface area (Å²) in [5.41, 5.74) is 0. The van der Waals surface area contributed by atoms with Gasteiger partial charge in [0.1, 0.15) is 6.54 Å². The molecule has 0 aromatic heterocycles. The van der Waals surface area contributed by atoms with E-state index in [1.165, 1.54) is 0 Å². The fraction of sp³-hybridized carbons (Fsp3) is 0.600. The fourth-order valence-electron chi connectivity index (χ4n) is 0.303. The minimum absolute atomic E-state index is 0.317. The minimum Gasteiger partial charge on any atom is -0.480 e. The molecule has 0 rings (SSSR count). The van der Waals surface area contributed by atoms with Crippen LogP contribution in [0.3, 0.4) is 0 Å².